The van der Waals surface area contributed by atoms with Crippen molar-refractivity contribution in [1.82, 2.24) is 4.57 Å². The number of carbonyl (C=O) groups is 1. The van der Waals surface area contributed by atoms with Crippen molar-refractivity contribution in [1.29, 1.82) is 0 Å². The Labute approximate surface area is 168 Å². The Hall–Kier alpha value is -2.27. The molecule has 2 N–H and O–H groups in total. The van der Waals surface area contributed by atoms with E-state index in [0.29, 0.717) is 12.1 Å². The van der Waals surface area contributed by atoms with E-state index in [1.165, 1.54) is 7.05 Å². The van der Waals surface area contributed by atoms with Crippen LogP contribution in [0.15, 0.2) is 29.3 Å². The summed E-state index contributed by atoms with van der Waals surface area (Å²) in [4.78, 5) is 10.8. The molecule has 6 nitrogen and oxygen atoms in total. The van der Waals surface area contributed by atoms with Gasteiger partial charge in [0.1, 0.15) is 21.4 Å². The van der Waals surface area contributed by atoms with Crippen LogP contribution in [0.5, 0.6) is 0 Å². The highest BCUT2D eigenvalue weighted by Crippen LogP contribution is 2.46. The SMILES string of the molecule is Cn1cc(S(=O)(=O)N(c2ccc(F)c(Cl)c2F)C2(F)CCCC2F)cc1C(N)=O. The van der Waals surface area contributed by atoms with Gasteiger partial charge >= 0.3 is 0 Å². The summed E-state index contributed by atoms with van der Waals surface area (Å²) in [6, 6.07) is 2.17. The molecule has 1 aliphatic rings. The molecule has 1 aliphatic carbocycles. The molecule has 1 aromatic heterocycles. The van der Waals surface area contributed by atoms with E-state index in [1.807, 2.05) is 0 Å². The number of hydrogen-bond acceptors (Lipinski definition) is 3. The van der Waals surface area contributed by atoms with Crippen molar-refractivity contribution in [3.63, 3.8) is 0 Å². The maximum atomic E-state index is 15.7. The number of benzene rings is 1. The summed E-state index contributed by atoms with van der Waals surface area (Å²) < 4.78 is 86.0. The number of sulfonamides is 1. The average Bonchev–Trinajstić information content (AvgIpc) is 3.19. The van der Waals surface area contributed by atoms with Gasteiger partial charge in [-0.2, -0.15) is 0 Å². The highest BCUT2D eigenvalue weighted by atomic mass is 35.5. The van der Waals surface area contributed by atoms with Gasteiger partial charge in [-0.05, 0) is 31.0 Å². The number of nitrogens with two attached hydrogens (primary N) is 1. The molecule has 3 rings (SSSR count). The minimum atomic E-state index is -4.95. The van der Waals surface area contributed by atoms with Gasteiger partial charge in [0.2, 0.25) is 5.79 Å². The van der Waals surface area contributed by atoms with Crippen LogP contribution in [0.3, 0.4) is 0 Å². The van der Waals surface area contributed by atoms with Crippen LogP contribution in [0.2, 0.25) is 5.02 Å². The van der Waals surface area contributed by atoms with E-state index in [0.717, 1.165) is 16.8 Å². The first-order valence-electron chi connectivity index (χ1n) is 8.39. The fraction of sp³-hybridized carbons (Fsp3) is 0.353. The zero-order chi connectivity index (χ0) is 21.7. The number of amides is 1. The van der Waals surface area contributed by atoms with Crippen molar-refractivity contribution in [3.05, 3.63) is 46.7 Å². The van der Waals surface area contributed by atoms with E-state index in [1.54, 1.807) is 0 Å². The van der Waals surface area contributed by atoms with Crippen molar-refractivity contribution in [2.75, 3.05) is 4.31 Å². The number of hydrogen-bond donors (Lipinski definition) is 1. The number of alkyl halides is 2. The minimum absolute atomic E-state index is 0.00155. The largest absolute Gasteiger partial charge is 0.364 e. The fourth-order valence-electron chi connectivity index (χ4n) is 3.36. The Bertz CT molecular complexity index is 1090. The molecule has 2 aromatic rings. The van der Waals surface area contributed by atoms with E-state index >= 15 is 4.39 Å². The molecule has 0 spiro atoms. The highest BCUT2D eigenvalue weighted by Gasteiger charge is 2.55. The van der Waals surface area contributed by atoms with Gasteiger partial charge < -0.3 is 10.3 Å². The molecule has 2 atom stereocenters. The van der Waals surface area contributed by atoms with Crippen LogP contribution in [-0.4, -0.2) is 30.9 Å². The molecule has 12 heteroatoms. The Balaban J connectivity index is 2.28. The molecule has 0 bridgehead atoms. The first-order valence-corrected chi connectivity index (χ1v) is 10.2. The molecule has 0 radical (unpaired) electrons. The predicted molar refractivity (Wildman–Crippen MR) is 97.5 cm³/mol. The zero-order valence-electron chi connectivity index (χ0n) is 15.0. The van der Waals surface area contributed by atoms with Crippen LogP contribution in [0.4, 0.5) is 23.2 Å². The second kappa shape index (κ2) is 7.21. The number of aromatic nitrogens is 1. The van der Waals surface area contributed by atoms with Gasteiger partial charge in [0.25, 0.3) is 15.9 Å². The minimum Gasteiger partial charge on any atom is -0.364 e. The summed E-state index contributed by atoms with van der Waals surface area (Å²) in [6.07, 6.45) is -2.16. The standard InChI is InChI=1S/C17H16ClF4N3O3S/c1-24-8-9(7-12(24)16(23)26)29(27,28)25(17(22)6-2-3-13(17)20)11-5-4-10(19)14(18)15(11)21/h4-5,7-8,13H,2-3,6H2,1H3,(H2,23,26). The van der Waals surface area contributed by atoms with Crippen molar-refractivity contribution < 1.29 is 30.8 Å². The maximum Gasteiger partial charge on any atom is 0.268 e. The van der Waals surface area contributed by atoms with Crippen molar-refractivity contribution in [3.8, 4) is 0 Å². The number of rotatable bonds is 5. The molecule has 0 saturated heterocycles. The highest BCUT2D eigenvalue weighted by molar-refractivity contribution is 7.93. The zero-order valence-corrected chi connectivity index (χ0v) is 16.6. The van der Waals surface area contributed by atoms with Gasteiger partial charge in [0.15, 0.2) is 12.0 Å². The number of halogens is 5. The monoisotopic (exact) mass is 453 g/mol. The fourth-order valence-corrected chi connectivity index (χ4v) is 5.29. The first-order chi connectivity index (χ1) is 13.4. The first kappa shape index (κ1) is 21.4. The van der Waals surface area contributed by atoms with E-state index in [2.05, 4.69) is 0 Å². The number of aryl methyl sites for hydroxylation is 1. The number of carbonyl (C=O) groups excluding carboxylic acids is 1. The van der Waals surface area contributed by atoms with Gasteiger partial charge in [0, 0.05) is 19.7 Å². The van der Waals surface area contributed by atoms with Crippen molar-refractivity contribution >= 4 is 33.2 Å². The van der Waals surface area contributed by atoms with Gasteiger partial charge in [-0.1, -0.05) is 11.6 Å². The number of nitrogens with zero attached hydrogens (tertiary/aromatic N) is 2. The lowest BCUT2D eigenvalue weighted by Crippen LogP contribution is -2.52. The molecule has 1 heterocycles. The van der Waals surface area contributed by atoms with Crippen molar-refractivity contribution in [2.24, 2.45) is 12.8 Å². The molecular formula is C17H16ClF4N3O3S. The summed E-state index contributed by atoms with van der Waals surface area (Å²) >= 11 is 5.53. The van der Waals surface area contributed by atoms with Crippen LogP contribution in [0.1, 0.15) is 29.8 Å². The Kier molecular flexibility index (Phi) is 5.33. The molecule has 29 heavy (non-hydrogen) atoms. The molecule has 1 aromatic carbocycles. The summed E-state index contributed by atoms with van der Waals surface area (Å²) in [5.74, 6) is -6.85. The molecular weight excluding hydrogens is 438 g/mol. The van der Waals surface area contributed by atoms with E-state index in [9.17, 15) is 26.4 Å². The number of anilines is 1. The normalized spacial score (nSPS) is 22.1. The molecule has 2 unspecified atom stereocenters. The van der Waals surface area contributed by atoms with Crippen LogP contribution in [0, 0.1) is 11.6 Å². The lowest BCUT2D eigenvalue weighted by Gasteiger charge is -2.36. The van der Waals surface area contributed by atoms with Crippen LogP contribution >= 0.6 is 11.6 Å². The van der Waals surface area contributed by atoms with E-state index < -0.39 is 61.6 Å². The van der Waals surface area contributed by atoms with E-state index in [4.69, 9.17) is 17.3 Å². The van der Waals surface area contributed by atoms with Gasteiger partial charge in [-0.15, -0.1) is 0 Å². The Morgan fingerprint density at radius 2 is 2.03 bits per heavy atom. The topological polar surface area (TPSA) is 85.4 Å². The lowest BCUT2D eigenvalue weighted by molar-refractivity contribution is 0.0887. The van der Waals surface area contributed by atoms with E-state index in [-0.39, 0.29) is 22.8 Å². The van der Waals surface area contributed by atoms with Gasteiger partial charge in [-0.3, -0.25) is 4.79 Å². The predicted octanol–water partition coefficient (Wildman–Crippen LogP) is 3.44. The molecule has 1 fully saturated rings. The number of primary amides is 1. The summed E-state index contributed by atoms with van der Waals surface area (Å²) in [6.45, 7) is 0. The third kappa shape index (κ3) is 3.35. The Morgan fingerprint density at radius 3 is 2.55 bits per heavy atom. The van der Waals surface area contributed by atoms with Crippen LogP contribution in [0.25, 0.3) is 0 Å². The summed E-state index contributed by atoms with van der Waals surface area (Å²) in [5.41, 5.74) is 3.99. The van der Waals surface area contributed by atoms with Gasteiger partial charge in [-0.25, -0.2) is 30.3 Å². The summed E-state index contributed by atoms with van der Waals surface area (Å²) in [7, 11) is -3.63. The summed E-state index contributed by atoms with van der Waals surface area (Å²) in [5, 5.41) is -1.06. The van der Waals surface area contributed by atoms with Crippen molar-refractivity contribution in [2.45, 2.75) is 36.1 Å². The quantitative estimate of drug-likeness (QED) is 0.427. The third-order valence-corrected chi connectivity index (χ3v) is 6.95. The molecule has 1 saturated carbocycles. The molecule has 1 amide bonds. The van der Waals surface area contributed by atoms with Crippen LogP contribution in [-0.2, 0) is 17.1 Å². The molecule has 0 aliphatic heterocycles. The maximum absolute atomic E-state index is 15.7. The third-order valence-electron chi connectivity index (χ3n) is 4.81. The second-order valence-corrected chi connectivity index (χ2v) is 8.84. The smallest absolute Gasteiger partial charge is 0.268 e. The lowest BCUT2D eigenvalue weighted by atomic mass is 10.1. The molecule has 158 valence electrons. The Morgan fingerprint density at radius 1 is 1.38 bits per heavy atom. The van der Waals surface area contributed by atoms with Gasteiger partial charge in [0.05, 0.1) is 5.69 Å². The van der Waals surface area contributed by atoms with Crippen LogP contribution < -0.4 is 10.0 Å². The second-order valence-electron chi connectivity index (χ2n) is 6.68. The average molecular weight is 454 g/mol.